The van der Waals surface area contributed by atoms with Crippen LogP contribution < -0.4 is 15.7 Å². The van der Waals surface area contributed by atoms with Crippen LogP contribution in [0.5, 0.6) is 5.75 Å². The number of para-hydroxylation sites is 1. The predicted molar refractivity (Wildman–Crippen MR) is 115 cm³/mol. The maximum atomic E-state index is 12.7. The van der Waals surface area contributed by atoms with Crippen LogP contribution >= 0.6 is 11.6 Å². The summed E-state index contributed by atoms with van der Waals surface area (Å²) in [6.07, 6.45) is 3.02. The van der Waals surface area contributed by atoms with Gasteiger partial charge in [0.1, 0.15) is 5.75 Å². The van der Waals surface area contributed by atoms with Crippen LogP contribution in [-0.2, 0) is 4.79 Å². The lowest BCUT2D eigenvalue weighted by Crippen LogP contribution is -2.31. The number of ether oxygens (including phenoxy) is 1. The van der Waals surface area contributed by atoms with Crippen molar-refractivity contribution in [2.24, 2.45) is 5.92 Å². The van der Waals surface area contributed by atoms with E-state index in [2.05, 4.69) is 10.3 Å². The highest BCUT2D eigenvalue weighted by Gasteiger charge is 2.29. The number of hydrogen-bond acceptors (Lipinski definition) is 3. The number of aryl methyl sites for hydroxylation is 1. The first-order chi connectivity index (χ1) is 14.0. The first kappa shape index (κ1) is 19.6. The van der Waals surface area contributed by atoms with E-state index in [4.69, 9.17) is 16.3 Å². The van der Waals surface area contributed by atoms with Crippen LogP contribution in [-0.4, -0.2) is 22.6 Å². The normalized spacial score (nSPS) is 19.3. The van der Waals surface area contributed by atoms with Gasteiger partial charge in [-0.3, -0.25) is 9.36 Å². The summed E-state index contributed by atoms with van der Waals surface area (Å²) in [6.45, 7) is 1.96. The lowest BCUT2D eigenvalue weighted by atomic mass is 9.85. The molecule has 2 N–H and O–H groups in total. The maximum absolute atomic E-state index is 12.7. The van der Waals surface area contributed by atoms with E-state index in [0.29, 0.717) is 10.5 Å². The third-order valence-electron chi connectivity index (χ3n) is 5.81. The molecule has 1 aliphatic rings. The van der Waals surface area contributed by atoms with Gasteiger partial charge in [0, 0.05) is 23.7 Å². The Morgan fingerprint density at radius 1 is 1.21 bits per heavy atom. The molecule has 1 saturated carbocycles. The fourth-order valence-electron chi connectivity index (χ4n) is 4.21. The molecule has 6 nitrogen and oxygen atoms in total. The average Bonchev–Trinajstić information content (AvgIpc) is 3.07. The number of aromatic amines is 1. The summed E-state index contributed by atoms with van der Waals surface area (Å²) in [7, 11) is 1.62. The summed E-state index contributed by atoms with van der Waals surface area (Å²) in [5, 5.41) is 3.54. The van der Waals surface area contributed by atoms with Crippen LogP contribution in [0.15, 0.2) is 41.2 Å². The molecule has 1 heterocycles. The fourth-order valence-corrected chi connectivity index (χ4v) is 4.43. The van der Waals surface area contributed by atoms with Crippen molar-refractivity contribution in [2.75, 3.05) is 12.4 Å². The van der Waals surface area contributed by atoms with Crippen molar-refractivity contribution in [3.8, 4) is 5.75 Å². The Labute approximate surface area is 173 Å². The second-order valence-electron chi connectivity index (χ2n) is 7.61. The third kappa shape index (κ3) is 3.77. The largest absolute Gasteiger partial charge is 0.496 e. The third-order valence-corrected chi connectivity index (χ3v) is 6.13. The van der Waals surface area contributed by atoms with Gasteiger partial charge in [-0.15, -0.1) is 0 Å². The number of H-pyrrole nitrogens is 1. The Morgan fingerprint density at radius 3 is 2.69 bits per heavy atom. The van der Waals surface area contributed by atoms with Gasteiger partial charge < -0.3 is 15.0 Å². The minimum Gasteiger partial charge on any atom is -0.496 e. The fraction of sp³-hybridized carbons (Fsp3) is 0.364. The average molecular weight is 414 g/mol. The number of carbonyl (C=O) groups is 1. The van der Waals surface area contributed by atoms with Crippen LogP contribution in [0.2, 0.25) is 5.02 Å². The number of carbonyl (C=O) groups excluding carboxylic acids is 1. The van der Waals surface area contributed by atoms with Crippen molar-refractivity contribution in [3.63, 3.8) is 0 Å². The zero-order chi connectivity index (χ0) is 20.5. The highest BCUT2D eigenvalue weighted by atomic mass is 35.5. The monoisotopic (exact) mass is 413 g/mol. The summed E-state index contributed by atoms with van der Waals surface area (Å²) in [4.78, 5) is 28.1. The zero-order valence-corrected chi connectivity index (χ0v) is 17.3. The Balaban J connectivity index is 1.45. The molecule has 2 aromatic carbocycles. The lowest BCUT2D eigenvalue weighted by Gasteiger charge is -2.28. The lowest BCUT2D eigenvalue weighted by molar-refractivity contribution is -0.121. The first-order valence-electron chi connectivity index (χ1n) is 9.82. The molecular formula is C22H24ClN3O3. The molecular weight excluding hydrogens is 390 g/mol. The van der Waals surface area contributed by atoms with Gasteiger partial charge in [-0.25, -0.2) is 4.79 Å². The molecule has 3 aromatic rings. The van der Waals surface area contributed by atoms with Crippen molar-refractivity contribution < 1.29 is 9.53 Å². The number of fused-ring (bicyclic) bond motifs is 1. The quantitative estimate of drug-likeness (QED) is 0.652. The van der Waals surface area contributed by atoms with Crippen molar-refractivity contribution in [3.05, 3.63) is 57.5 Å². The molecule has 0 spiro atoms. The van der Waals surface area contributed by atoms with Crippen LogP contribution in [0.4, 0.5) is 5.69 Å². The summed E-state index contributed by atoms with van der Waals surface area (Å²) >= 11 is 6.21. The molecule has 4 rings (SSSR count). The highest BCUT2D eigenvalue weighted by Crippen LogP contribution is 2.34. The molecule has 0 atom stereocenters. The Bertz CT molecular complexity index is 1110. The SMILES string of the molecule is COc1cc(NC(=O)C2CCC(n3c(=O)[nH]c4c(Cl)cccc43)CC2)ccc1C. The minimum atomic E-state index is -0.146. The predicted octanol–water partition coefficient (Wildman–Crippen LogP) is 4.67. The number of aromatic nitrogens is 2. The highest BCUT2D eigenvalue weighted by molar-refractivity contribution is 6.34. The maximum Gasteiger partial charge on any atom is 0.326 e. The topological polar surface area (TPSA) is 76.1 Å². The standard InChI is InChI=1S/C22H24ClN3O3/c1-13-6-9-15(12-19(13)29-2)24-21(27)14-7-10-16(11-8-14)26-18-5-3-4-17(23)20(18)25-22(26)28/h3-6,9,12,14,16H,7-8,10-11H2,1-2H3,(H,24,27)(H,25,28). The molecule has 1 fully saturated rings. The number of nitrogens with zero attached hydrogens (tertiary/aromatic N) is 1. The van der Waals surface area contributed by atoms with Crippen molar-refractivity contribution in [2.45, 2.75) is 38.6 Å². The molecule has 0 radical (unpaired) electrons. The van der Waals surface area contributed by atoms with E-state index in [1.807, 2.05) is 37.3 Å². The first-order valence-corrected chi connectivity index (χ1v) is 10.2. The van der Waals surface area contributed by atoms with Crippen molar-refractivity contribution >= 4 is 34.2 Å². The van der Waals surface area contributed by atoms with Gasteiger partial charge >= 0.3 is 5.69 Å². The summed E-state index contributed by atoms with van der Waals surface area (Å²) < 4.78 is 7.12. The van der Waals surface area contributed by atoms with Gasteiger partial charge in [-0.1, -0.05) is 23.7 Å². The van der Waals surface area contributed by atoms with E-state index in [9.17, 15) is 9.59 Å². The molecule has 29 heavy (non-hydrogen) atoms. The number of halogens is 1. The number of imidazole rings is 1. The van der Waals surface area contributed by atoms with E-state index in [-0.39, 0.29) is 23.6 Å². The molecule has 1 aromatic heterocycles. The molecule has 152 valence electrons. The molecule has 0 saturated heterocycles. The molecule has 7 heteroatoms. The zero-order valence-electron chi connectivity index (χ0n) is 16.5. The summed E-state index contributed by atoms with van der Waals surface area (Å²) in [6, 6.07) is 11.3. The van der Waals surface area contributed by atoms with Crippen molar-refractivity contribution in [1.29, 1.82) is 0 Å². The van der Waals surface area contributed by atoms with Gasteiger partial charge in [0.25, 0.3) is 0 Å². The van der Waals surface area contributed by atoms with E-state index in [0.717, 1.165) is 48.2 Å². The van der Waals surface area contributed by atoms with Crippen LogP contribution in [0.3, 0.4) is 0 Å². The summed E-state index contributed by atoms with van der Waals surface area (Å²) in [5.74, 6) is 0.704. The molecule has 1 aliphatic carbocycles. The smallest absolute Gasteiger partial charge is 0.326 e. The van der Waals surface area contributed by atoms with E-state index < -0.39 is 0 Å². The van der Waals surface area contributed by atoms with Gasteiger partial charge in [0.15, 0.2) is 0 Å². The van der Waals surface area contributed by atoms with E-state index >= 15 is 0 Å². The number of amides is 1. The number of anilines is 1. The van der Waals surface area contributed by atoms with Crippen LogP contribution in [0, 0.1) is 12.8 Å². The number of benzene rings is 2. The Morgan fingerprint density at radius 2 is 1.97 bits per heavy atom. The molecule has 0 bridgehead atoms. The van der Waals surface area contributed by atoms with Gasteiger partial charge in [-0.2, -0.15) is 0 Å². The molecule has 0 unspecified atom stereocenters. The number of rotatable bonds is 4. The second kappa shape index (κ2) is 7.95. The molecule has 0 aliphatic heterocycles. The number of methoxy groups -OCH3 is 1. The molecule has 1 amide bonds. The Hall–Kier alpha value is -2.73. The van der Waals surface area contributed by atoms with E-state index in [1.165, 1.54) is 0 Å². The number of nitrogens with one attached hydrogen (secondary N) is 2. The van der Waals surface area contributed by atoms with E-state index in [1.54, 1.807) is 17.7 Å². The van der Waals surface area contributed by atoms with Gasteiger partial charge in [0.2, 0.25) is 5.91 Å². The second-order valence-corrected chi connectivity index (χ2v) is 8.02. The Kier molecular flexibility index (Phi) is 5.37. The van der Waals surface area contributed by atoms with Gasteiger partial charge in [0.05, 0.1) is 23.2 Å². The van der Waals surface area contributed by atoms with Crippen LogP contribution in [0.1, 0.15) is 37.3 Å². The van der Waals surface area contributed by atoms with Crippen molar-refractivity contribution in [1.82, 2.24) is 9.55 Å². The van der Waals surface area contributed by atoms with Crippen LogP contribution in [0.25, 0.3) is 11.0 Å². The minimum absolute atomic E-state index is 0.0173. The summed E-state index contributed by atoms with van der Waals surface area (Å²) in [5.41, 5.74) is 3.11. The van der Waals surface area contributed by atoms with Gasteiger partial charge in [-0.05, 0) is 56.4 Å². The number of hydrogen-bond donors (Lipinski definition) is 2.